The Morgan fingerprint density at radius 1 is 1.37 bits per heavy atom. The van der Waals surface area contributed by atoms with Crippen molar-refractivity contribution in [3.05, 3.63) is 0 Å². The van der Waals surface area contributed by atoms with Gasteiger partial charge in [-0.25, -0.2) is 0 Å². The minimum absolute atomic E-state index is 0.431. The highest BCUT2D eigenvalue weighted by molar-refractivity contribution is 6.82. The van der Waals surface area contributed by atoms with Crippen LogP contribution in [0.15, 0.2) is 5.10 Å². The molecule has 0 N–H and O–H groups in total. The number of rotatable bonds is 5. The molecule has 112 valence electrons. The van der Waals surface area contributed by atoms with Gasteiger partial charge < -0.3 is 4.74 Å². The molecular weight excluding hydrogens is 252 g/mol. The summed E-state index contributed by atoms with van der Waals surface area (Å²) >= 11 is 0. The van der Waals surface area contributed by atoms with Crippen LogP contribution >= 0.6 is 0 Å². The molecule has 0 aromatic carbocycles. The van der Waals surface area contributed by atoms with Gasteiger partial charge in [-0.2, -0.15) is 5.10 Å². The van der Waals surface area contributed by atoms with Gasteiger partial charge in [-0.3, -0.25) is 5.01 Å². The molecule has 1 aliphatic rings. The fourth-order valence-corrected chi connectivity index (χ4v) is 4.35. The summed E-state index contributed by atoms with van der Waals surface area (Å²) in [6.07, 6.45) is 2.45. The van der Waals surface area contributed by atoms with E-state index in [0.717, 1.165) is 13.2 Å². The third-order valence-electron chi connectivity index (χ3n) is 4.73. The number of methoxy groups -OCH3 is 1. The summed E-state index contributed by atoms with van der Waals surface area (Å²) in [5.74, 6) is 0. The molecule has 0 aromatic heterocycles. The van der Waals surface area contributed by atoms with Gasteiger partial charge in [0.1, 0.15) is 0 Å². The molecule has 0 bridgehead atoms. The Bertz CT molecular complexity index is 321. The van der Waals surface area contributed by atoms with Crippen LogP contribution < -0.4 is 0 Å². The lowest BCUT2D eigenvalue weighted by Crippen LogP contribution is -2.39. The Morgan fingerprint density at radius 3 is 2.53 bits per heavy atom. The van der Waals surface area contributed by atoms with Crippen molar-refractivity contribution in [1.82, 2.24) is 5.01 Å². The van der Waals surface area contributed by atoms with E-state index in [1.807, 2.05) is 0 Å². The molecule has 4 heteroatoms. The van der Waals surface area contributed by atoms with Crippen molar-refractivity contribution < 1.29 is 4.74 Å². The molecule has 0 unspecified atom stereocenters. The molecule has 0 aliphatic carbocycles. The second-order valence-corrected chi connectivity index (χ2v) is 13.2. The highest BCUT2D eigenvalue weighted by Crippen LogP contribution is 2.38. The predicted molar refractivity (Wildman–Crippen MR) is 86.7 cm³/mol. The number of hydrogen-bond acceptors (Lipinski definition) is 3. The first-order valence-electron chi connectivity index (χ1n) is 7.47. The van der Waals surface area contributed by atoms with E-state index < -0.39 is 8.07 Å². The lowest BCUT2D eigenvalue weighted by molar-refractivity contribution is 0.118. The van der Waals surface area contributed by atoms with Gasteiger partial charge >= 0.3 is 0 Å². The van der Waals surface area contributed by atoms with E-state index in [1.54, 1.807) is 7.11 Å². The van der Waals surface area contributed by atoms with Crippen molar-refractivity contribution in [2.75, 3.05) is 20.3 Å². The van der Waals surface area contributed by atoms with Crippen molar-refractivity contribution in [2.45, 2.75) is 70.8 Å². The van der Waals surface area contributed by atoms with E-state index in [9.17, 15) is 0 Å². The minimum Gasteiger partial charge on any atom is -0.382 e. The lowest BCUT2D eigenvalue weighted by Gasteiger charge is -2.37. The number of ether oxygens (including phenoxy) is 1. The first-order chi connectivity index (χ1) is 8.67. The maximum Gasteiger partial charge on any atom is 0.0704 e. The Kier molecular flexibility index (Phi) is 5.62. The largest absolute Gasteiger partial charge is 0.382 e. The van der Waals surface area contributed by atoms with Crippen LogP contribution in [-0.4, -0.2) is 45.1 Å². The number of hydrazone groups is 1. The molecule has 3 nitrogen and oxygen atoms in total. The van der Waals surface area contributed by atoms with Crippen molar-refractivity contribution in [3.63, 3.8) is 0 Å². The number of nitrogens with zero attached hydrogens (tertiary/aromatic N) is 2. The molecule has 19 heavy (non-hydrogen) atoms. The Hall–Kier alpha value is -0.353. The molecule has 1 fully saturated rings. The first kappa shape index (κ1) is 16.7. The van der Waals surface area contributed by atoms with Gasteiger partial charge in [0.15, 0.2) is 0 Å². The fraction of sp³-hybridized carbons (Fsp3) is 0.933. The molecule has 1 heterocycles. The molecule has 1 saturated heterocycles. The van der Waals surface area contributed by atoms with Gasteiger partial charge in [0.2, 0.25) is 0 Å². The van der Waals surface area contributed by atoms with Gasteiger partial charge in [-0.15, -0.1) is 0 Å². The lowest BCUT2D eigenvalue weighted by atomic mass is 10.2. The average Bonchev–Trinajstić information content (AvgIpc) is 2.63. The zero-order chi connectivity index (χ0) is 14.7. The molecule has 0 aromatic rings. The van der Waals surface area contributed by atoms with Crippen LogP contribution in [0.4, 0.5) is 0 Å². The standard InChI is InChI=1S/C15H32N2OSi/c1-13(12-19(6,7)15(2,3)4)16-17-10-8-9-14(17)11-18-5/h14H,8-12H2,1-7H3/b16-13+/t14-/m0/s1. The summed E-state index contributed by atoms with van der Waals surface area (Å²) in [5, 5.41) is 7.57. The van der Waals surface area contributed by atoms with Crippen LogP contribution in [0.2, 0.25) is 24.2 Å². The van der Waals surface area contributed by atoms with Gasteiger partial charge in [-0.05, 0) is 30.8 Å². The summed E-state index contributed by atoms with van der Waals surface area (Å²) in [6.45, 7) is 16.1. The molecule has 0 spiro atoms. The normalized spacial score (nSPS) is 22.2. The molecule has 1 atom stereocenters. The molecule has 0 amide bonds. The summed E-state index contributed by atoms with van der Waals surface area (Å²) in [6, 6.07) is 1.67. The van der Waals surface area contributed by atoms with E-state index in [4.69, 9.17) is 9.84 Å². The van der Waals surface area contributed by atoms with Crippen molar-refractivity contribution in [1.29, 1.82) is 0 Å². The summed E-state index contributed by atoms with van der Waals surface area (Å²) < 4.78 is 5.29. The molecule has 1 aliphatic heterocycles. The van der Waals surface area contributed by atoms with Gasteiger partial charge in [0, 0.05) is 19.4 Å². The zero-order valence-electron chi connectivity index (χ0n) is 13.9. The Labute approximate surface area is 120 Å². The van der Waals surface area contributed by atoms with Gasteiger partial charge in [-0.1, -0.05) is 33.9 Å². The van der Waals surface area contributed by atoms with Crippen LogP contribution in [0.1, 0.15) is 40.5 Å². The van der Waals surface area contributed by atoms with Crippen LogP contribution in [0.25, 0.3) is 0 Å². The number of hydrogen-bond donors (Lipinski definition) is 0. The van der Waals surface area contributed by atoms with Crippen molar-refractivity contribution >= 4 is 13.8 Å². The van der Waals surface area contributed by atoms with E-state index in [0.29, 0.717) is 11.1 Å². The summed E-state index contributed by atoms with van der Waals surface area (Å²) in [4.78, 5) is 0. The predicted octanol–water partition coefficient (Wildman–Crippen LogP) is 3.98. The van der Waals surface area contributed by atoms with Gasteiger partial charge in [0.05, 0.1) is 20.7 Å². The zero-order valence-corrected chi connectivity index (χ0v) is 14.9. The minimum atomic E-state index is -1.27. The third kappa shape index (κ3) is 4.60. The Morgan fingerprint density at radius 2 is 2.00 bits per heavy atom. The molecule has 0 saturated carbocycles. The van der Waals surface area contributed by atoms with Gasteiger partial charge in [0.25, 0.3) is 0 Å². The second kappa shape index (κ2) is 6.40. The maximum atomic E-state index is 5.29. The van der Waals surface area contributed by atoms with Crippen LogP contribution in [0, 0.1) is 0 Å². The van der Waals surface area contributed by atoms with Crippen molar-refractivity contribution in [3.8, 4) is 0 Å². The van der Waals surface area contributed by atoms with E-state index in [2.05, 4.69) is 45.8 Å². The first-order valence-corrected chi connectivity index (χ1v) is 10.7. The maximum absolute atomic E-state index is 5.29. The molecule has 1 rings (SSSR count). The molecular formula is C15H32N2OSi. The van der Waals surface area contributed by atoms with Crippen LogP contribution in [0.3, 0.4) is 0 Å². The topological polar surface area (TPSA) is 24.8 Å². The summed E-state index contributed by atoms with van der Waals surface area (Å²) in [5.41, 5.74) is 1.30. The SMILES string of the molecule is COC[C@@H]1CCCN1/N=C(\C)C[Si](C)(C)C(C)(C)C. The fourth-order valence-electron chi connectivity index (χ4n) is 2.47. The third-order valence-corrected chi connectivity index (χ3v) is 10.2. The molecule has 0 radical (unpaired) electrons. The van der Waals surface area contributed by atoms with E-state index in [1.165, 1.54) is 24.6 Å². The van der Waals surface area contributed by atoms with E-state index >= 15 is 0 Å². The van der Waals surface area contributed by atoms with Crippen LogP contribution in [-0.2, 0) is 4.74 Å². The van der Waals surface area contributed by atoms with Crippen LogP contribution in [0.5, 0.6) is 0 Å². The van der Waals surface area contributed by atoms with E-state index in [-0.39, 0.29) is 0 Å². The monoisotopic (exact) mass is 284 g/mol. The Balaban J connectivity index is 2.67. The summed E-state index contributed by atoms with van der Waals surface area (Å²) in [7, 11) is 0.511. The highest BCUT2D eigenvalue weighted by atomic mass is 28.3. The quantitative estimate of drug-likeness (QED) is 0.563. The highest BCUT2D eigenvalue weighted by Gasteiger charge is 2.35. The second-order valence-electron chi connectivity index (χ2n) is 7.56. The van der Waals surface area contributed by atoms with Crippen molar-refractivity contribution in [2.24, 2.45) is 5.10 Å². The smallest absolute Gasteiger partial charge is 0.0704 e. The average molecular weight is 285 g/mol.